The maximum atomic E-state index is 6.37. The van der Waals surface area contributed by atoms with E-state index in [0.717, 1.165) is 35.9 Å². The topological polar surface area (TPSA) is 29.9 Å². The van der Waals surface area contributed by atoms with Crippen LogP contribution in [0.1, 0.15) is 44.0 Å². The van der Waals surface area contributed by atoms with Crippen molar-refractivity contribution in [1.82, 2.24) is 15.1 Å². The Bertz CT molecular complexity index is 425. The smallest absolute Gasteiger partial charge is 0.0863 e. The maximum absolute atomic E-state index is 6.37. The van der Waals surface area contributed by atoms with Gasteiger partial charge in [-0.2, -0.15) is 16.9 Å². The highest BCUT2D eigenvalue weighted by Gasteiger charge is 2.32. The molecular formula is C14H24ClN3S. The van der Waals surface area contributed by atoms with Crippen LogP contribution >= 0.6 is 23.4 Å². The molecule has 0 unspecified atom stereocenters. The number of rotatable bonds is 6. The van der Waals surface area contributed by atoms with E-state index >= 15 is 0 Å². The second kappa shape index (κ2) is 6.51. The molecule has 0 radical (unpaired) electrons. The first kappa shape index (κ1) is 15.2. The Kier molecular flexibility index (Phi) is 5.21. The normalized spacial score (nSPS) is 18.1. The van der Waals surface area contributed by atoms with Gasteiger partial charge in [0.1, 0.15) is 0 Å². The average molecular weight is 302 g/mol. The molecule has 1 fully saturated rings. The molecule has 0 aromatic carbocycles. The summed E-state index contributed by atoms with van der Waals surface area (Å²) in [6.07, 6.45) is 8.53. The Morgan fingerprint density at radius 1 is 1.42 bits per heavy atom. The van der Waals surface area contributed by atoms with E-state index < -0.39 is 0 Å². The number of halogens is 1. The van der Waals surface area contributed by atoms with E-state index in [1.165, 1.54) is 25.7 Å². The summed E-state index contributed by atoms with van der Waals surface area (Å²) in [5.41, 5.74) is 2.11. The summed E-state index contributed by atoms with van der Waals surface area (Å²) in [6, 6.07) is 0. The summed E-state index contributed by atoms with van der Waals surface area (Å²) >= 11 is 8.38. The van der Waals surface area contributed by atoms with Crippen LogP contribution in [-0.4, -0.2) is 27.3 Å². The van der Waals surface area contributed by atoms with Gasteiger partial charge in [-0.3, -0.25) is 4.68 Å². The van der Waals surface area contributed by atoms with Gasteiger partial charge in [0.2, 0.25) is 0 Å². The second-order valence-corrected chi connectivity index (χ2v) is 7.03. The molecule has 1 heterocycles. The zero-order valence-corrected chi connectivity index (χ0v) is 13.7. The van der Waals surface area contributed by atoms with Crippen LogP contribution in [0.15, 0.2) is 0 Å². The molecule has 19 heavy (non-hydrogen) atoms. The van der Waals surface area contributed by atoms with Crippen LogP contribution in [0.3, 0.4) is 0 Å². The first-order valence-corrected chi connectivity index (χ1v) is 8.68. The molecule has 0 bridgehead atoms. The fourth-order valence-electron chi connectivity index (χ4n) is 2.89. The van der Waals surface area contributed by atoms with Crippen LogP contribution in [0.2, 0.25) is 5.02 Å². The highest BCUT2D eigenvalue weighted by atomic mass is 35.5. The van der Waals surface area contributed by atoms with Crippen molar-refractivity contribution in [3.05, 3.63) is 16.4 Å². The van der Waals surface area contributed by atoms with Crippen LogP contribution in [0.5, 0.6) is 0 Å². The number of thioether (sulfide) groups is 1. The van der Waals surface area contributed by atoms with Crippen molar-refractivity contribution in [2.75, 3.05) is 12.8 Å². The average Bonchev–Trinajstić information content (AvgIpc) is 2.98. The Morgan fingerprint density at radius 3 is 2.63 bits per heavy atom. The number of aryl methyl sites for hydroxylation is 2. The Balaban J connectivity index is 1.94. The van der Waals surface area contributed by atoms with Crippen molar-refractivity contribution in [3.8, 4) is 0 Å². The lowest BCUT2D eigenvalue weighted by molar-refractivity contribution is 0.521. The molecule has 2 rings (SSSR count). The first-order chi connectivity index (χ1) is 9.12. The molecule has 0 spiro atoms. The molecule has 1 aromatic rings. The van der Waals surface area contributed by atoms with Gasteiger partial charge in [-0.15, -0.1) is 0 Å². The molecule has 1 aliphatic rings. The predicted octanol–water partition coefficient (Wildman–Crippen LogP) is 3.40. The third-order valence-corrected chi connectivity index (χ3v) is 6.05. The lowest BCUT2D eigenvalue weighted by atomic mass is 10.1. The zero-order valence-electron chi connectivity index (χ0n) is 12.1. The van der Waals surface area contributed by atoms with Crippen molar-refractivity contribution in [1.29, 1.82) is 0 Å². The minimum atomic E-state index is 0.443. The Morgan fingerprint density at radius 2 is 2.11 bits per heavy atom. The van der Waals surface area contributed by atoms with Gasteiger partial charge in [-0.1, -0.05) is 31.4 Å². The molecule has 108 valence electrons. The molecule has 1 aliphatic carbocycles. The maximum Gasteiger partial charge on any atom is 0.0863 e. The molecule has 1 aromatic heterocycles. The Hall–Kier alpha value is -0.190. The quantitative estimate of drug-likeness (QED) is 0.873. The molecule has 1 saturated carbocycles. The summed E-state index contributed by atoms with van der Waals surface area (Å²) in [4.78, 5) is 0. The third-order valence-electron chi connectivity index (χ3n) is 4.19. The number of aromatic nitrogens is 2. The van der Waals surface area contributed by atoms with Crippen LogP contribution < -0.4 is 5.32 Å². The monoisotopic (exact) mass is 301 g/mol. The summed E-state index contributed by atoms with van der Waals surface area (Å²) < 4.78 is 2.35. The van der Waals surface area contributed by atoms with E-state index in [4.69, 9.17) is 11.6 Å². The van der Waals surface area contributed by atoms with Gasteiger partial charge < -0.3 is 5.32 Å². The number of hydrogen-bond donors (Lipinski definition) is 1. The summed E-state index contributed by atoms with van der Waals surface area (Å²) in [7, 11) is 1.97. The minimum Gasteiger partial charge on any atom is -0.310 e. The summed E-state index contributed by atoms with van der Waals surface area (Å²) in [6.45, 7) is 3.97. The molecular weight excluding hydrogens is 278 g/mol. The van der Waals surface area contributed by atoms with E-state index in [1.807, 2.05) is 23.5 Å². The van der Waals surface area contributed by atoms with Crippen LogP contribution in [0.4, 0.5) is 0 Å². The highest BCUT2D eigenvalue weighted by molar-refractivity contribution is 8.00. The van der Waals surface area contributed by atoms with Crippen molar-refractivity contribution in [2.45, 2.75) is 50.3 Å². The zero-order chi connectivity index (χ0) is 13.9. The van der Waals surface area contributed by atoms with Gasteiger partial charge >= 0.3 is 0 Å². The minimum absolute atomic E-state index is 0.443. The van der Waals surface area contributed by atoms with Crippen molar-refractivity contribution in [3.63, 3.8) is 0 Å². The number of nitrogens with zero attached hydrogens (tertiary/aromatic N) is 2. The van der Waals surface area contributed by atoms with Crippen molar-refractivity contribution in [2.24, 2.45) is 7.05 Å². The van der Waals surface area contributed by atoms with Crippen molar-refractivity contribution < 1.29 is 0 Å². The fraction of sp³-hybridized carbons (Fsp3) is 0.786. The molecule has 5 heteroatoms. The molecule has 0 saturated heterocycles. The first-order valence-electron chi connectivity index (χ1n) is 7.08. The lowest BCUT2D eigenvalue weighted by Gasteiger charge is -2.27. The Labute approximate surface area is 125 Å². The fourth-order valence-corrected chi connectivity index (χ4v) is 4.20. The van der Waals surface area contributed by atoms with Gasteiger partial charge in [0, 0.05) is 24.9 Å². The van der Waals surface area contributed by atoms with E-state index in [2.05, 4.69) is 23.6 Å². The van der Waals surface area contributed by atoms with Crippen LogP contribution in [-0.2, 0) is 20.0 Å². The van der Waals surface area contributed by atoms with Crippen LogP contribution in [0.25, 0.3) is 0 Å². The van der Waals surface area contributed by atoms with Gasteiger partial charge in [0.05, 0.1) is 16.4 Å². The predicted molar refractivity (Wildman–Crippen MR) is 84.0 cm³/mol. The van der Waals surface area contributed by atoms with E-state index in [1.54, 1.807) is 0 Å². The van der Waals surface area contributed by atoms with Gasteiger partial charge in [-0.25, -0.2) is 0 Å². The molecule has 1 N–H and O–H groups in total. The van der Waals surface area contributed by atoms with E-state index in [9.17, 15) is 0 Å². The highest BCUT2D eigenvalue weighted by Crippen LogP contribution is 2.39. The summed E-state index contributed by atoms with van der Waals surface area (Å²) in [5.74, 6) is 0. The molecule has 3 nitrogen and oxygen atoms in total. The third kappa shape index (κ3) is 3.29. The second-order valence-electron chi connectivity index (χ2n) is 5.38. The largest absolute Gasteiger partial charge is 0.310 e. The van der Waals surface area contributed by atoms with Crippen molar-refractivity contribution >= 4 is 23.4 Å². The number of hydrogen-bond acceptors (Lipinski definition) is 3. The van der Waals surface area contributed by atoms with Crippen LogP contribution in [0, 0.1) is 0 Å². The lowest BCUT2D eigenvalue weighted by Crippen LogP contribution is -2.35. The number of nitrogens with one attached hydrogen (secondary N) is 1. The van der Waals surface area contributed by atoms with Gasteiger partial charge in [0.15, 0.2) is 0 Å². The van der Waals surface area contributed by atoms with Gasteiger partial charge in [0.25, 0.3) is 0 Å². The molecule has 0 aliphatic heterocycles. The van der Waals surface area contributed by atoms with E-state index in [-0.39, 0.29) is 0 Å². The van der Waals surface area contributed by atoms with Gasteiger partial charge in [-0.05, 0) is 25.5 Å². The summed E-state index contributed by atoms with van der Waals surface area (Å²) in [5, 5.41) is 8.88. The standard InChI is InChI=1S/C14H24ClN3S/c1-4-11-13(15)12(18(2)17-11)9-16-10-14(19-3)7-5-6-8-14/h16H,4-10H2,1-3H3. The molecule has 0 amide bonds. The molecule has 0 atom stereocenters. The van der Waals surface area contributed by atoms with E-state index in [0.29, 0.717) is 4.75 Å². The SMILES string of the molecule is CCc1nn(C)c(CNCC2(SC)CCCC2)c1Cl.